The van der Waals surface area contributed by atoms with Gasteiger partial charge < -0.3 is 26.0 Å². The summed E-state index contributed by atoms with van der Waals surface area (Å²) in [6, 6.07) is 9.59. The van der Waals surface area contributed by atoms with Crippen LogP contribution in [0.3, 0.4) is 0 Å². The van der Waals surface area contributed by atoms with Gasteiger partial charge in [0.1, 0.15) is 17.4 Å². The van der Waals surface area contributed by atoms with Crippen molar-refractivity contribution in [1.29, 1.82) is 0 Å². The van der Waals surface area contributed by atoms with E-state index >= 15 is 0 Å². The average molecular weight is 422 g/mol. The van der Waals surface area contributed by atoms with Crippen molar-refractivity contribution in [3.8, 4) is 5.75 Å². The SMILES string of the molecule is C=CC(=O)Nc1cc(OCC)ccc1Nc1cc(NC2CCCNC2)nc2ccnn12. The molecule has 162 valence electrons. The minimum Gasteiger partial charge on any atom is -0.494 e. The number of hydrogen-bond acceptors (Lipinski definition) is 7. The molecule has 4 N–H and O–H groups in total. The van der Waals surface area contributed by atoms with E-state index in [0.717, 1.165) is 43.2 Å². The maximum absolute atomic E-state index is 12.0. The van der Waals surface area contributed by atoms with E-state index in [2.05, 4.69) is 37.9 Å². The minimum atomic E-state index is -0.303. The first-order valence-electron chi connectivity index (χ1n) is 10.5. The number of carbonyl (C=O) groups excluding carboxylic acids is 1. The average Bonchev–Trinajstić information content (AvgIpc) is 3.25. The Morgan fingerprint density at radius 2 is 2.26 bits per heavy atom. The summed E-state index contributed by atoms with van der Waals surface area (Å²) in [5.41, 5.74) is 2.00. The van der Waals surface area contributed by atoms with E-state index < -0.39 is 0 Å². The van der Waals surface area contributed by atoms with E-state index in [-0.39, 0.29) is 5.91 Å². The zero-order chi connectivity index (χ0) is 21.6. The molecule has 3 heterocycles. The summed E-state index contributed by atoms with van der Waals surface area (Å²) in [4.78, 5) is 16.6. The highest BCUT2D eigenvalue weighted by atomic mass is 16.5. The summed E-state index contributed by atoms with van der Waals surface area (Å²) in [5.74, 6) is 1.85. The number of nitrogens with one attached hydrogen (secondary N) is 4. The van der Waals surface area contributed by atoms with Crippen LogP contribution in [-0.4, -0.2) is 46.2 Å². The smallest absolute Gasteiger partial charge is 0.247 e. The van der Waals surface area contributed by atoms with Gasteiger partial charge in [0.2, 0.25) is 5.91 Å². The summed E-state index contributed by atoms with van der Waals surface area (Å²) in [7, 11) is 0. The molecule has 9 nitrogen and oxygen atoms in total. The van der Waals surface area contributed by atoms with Crippen molar-refractivity contribution < 1.29 is 9.53 Å². The van der Waals surface area contributed by atoms with E-state index in [1.165, 1.54) is 6.08 Å². The summed E-state index contributed by atoms with van der Waals surface area (Å²) in [5, 5.41) is 17.5. The second-order valence-electron chi connectivity index (χ2n) is 7.27. The largest absolute Gasteiger partial charge is 0.494 e. The molecule has 1 aliphatic rings. The summed E-state index contributed by atoms with van der Waals surface area (Å²) in [6.45, 7) is 7.94. The van der Waals surface area contributed by atoms with Crippen LogP contribution in [0.4, 0.5) is 23.0 Å². The van der Waals surface area contributed by atoms with Crippen LogP contribution < -0.4 is 26.0 Å². The fourth-order valence-corrected chi connectivity index (χ4v) is 3.57. The monoisotopic (exact) mass is 421 g/mol. The summed E-state index contributed by atoms with van der Waals surface area (Å²) < 4.78 is 7.30. The van der Waals surface area contributed by atoms with E-state index in [1.807, 2.05) is 31.2 Å². The fourth-order valence-electron chi connectivity index (χ4n) is 3.57. The van der Waals surface area contributed by atoms with Crippen molar-refractivity contribution in [2.24, 2.45) is 0 Å². The van der Waals surface area contributed by atoms with Crippen LogP contribution in [0.25, 0.3) is 5.65 Å². The Kier molecular flexibility index (Phi) is 6.32. The Bertz CT molecular complexity index is 1070. The molecule has 0 saturated carbocycles. The number of nitrogens with zero attached hydrogens (tertiary/aromatic N) is 3. The molecule has 1 aliphatic heterocycles. The fraction of sp³-hybridized carbons (Fsp3) is 0.318. The second kappa shape index (κ2) is 9.48. The first kappa shape index (κ1) is 20.7. The Labute approximate surface area is 180 Å². The molecular weight excluding hydrogens is 394 g/mol. The van der Waals surface area contributed by atoms with Crippen molar-refractivity contribution >= 4 is 34.6 Å². The van der Waals surface area contributed by atoms with E-state index in [9.17, 15) is 4.79 Å². The highest BCUT2D eigenvalue weighted by Crippen LogP contribution is 2.31. The number of piperidine rings is 1. The highest BCUT2D eigenvalue weighted by molar-refractivity contribution is 6.01. The third kappa shape index (κ3) is 4.95. The van der Waals surface area contributed by atoms with E-state index in [0.29, 0.717) is 29.8 Å². The zero-order valence-electron chi connectivity index (χ0n) is 17.5. The standard InChI is InChI=1S/C22H27N7O2/c1-3-22(30)27-18-12-16(31-4-2)7-8-17(18)26-21-13-19(25-15-6-5-10-23-14-15)28-20-9-11-24-29(20)21/h3,7-9,11-13,15,23,26H,1,4-6,10,14H2,2H3,(H,25,28)(H,27,30). The summed E-state index contributed by atoms with van der Waals surface area (Å²) >= 11 is 0. The van der Waals surface area contributed by atoms with Gasteiger partial charge in [0.05, 0.1) is 24.2 Å². The first-order valence-corrected chi connectivity index (χ1v) is 10.5. The Morgan fingerprint density at radius 3 is 3.03 bits per heavy atom. The van der Waals surface area contributed by atoms with Gasteiger partial charge >= 0.3 is 0 Å². The van der Waals surface area contributed by atoms with Crippen LogP contribution >= 0.6 is 0 Å². The van der Waals surface area contributed by atoms with Crippen molar-refractivity contribution in [3.05, 3.63) is 49.2 Å². The number of amides is 1. The van der Waals surface area contributed by atoms with Gasteiger partial charge in [-0.1, -0.05) is 6.58 Å². The molecule has 3 aromatic rings. The summed E-state index contributed by atoms with van der Waals surface area (Å²) in [6.07, 6.45) is 5.17. The van der Waals surface area contributed by atoms with Crippen LogP contribution in [-0.2, 0) is 4.79 Å². The van der Waals surface area contributed by atoms with Crippen molar-refractivity contribution in [2.75, 3.05) is 35.6 Å². The van der Waals surface area contributed by atoms with Gasteiger partial charge in [-0.05, 0) is 44.5 Å². The normalized spacial score (nSPS) is 16.0. The molecule has 31 heavy (non-hydrogen) atoms. The minimum absolute atomic E-state index is 0.303. The van der Waals surface area contributed by atoms with Gasteiger partial charge in [-0.2, -0.15) is 9.61 Å². The Hall–Kier alpha value is -3.59. The maximum atomic E-state index is 12.0. The molecule has 4 rings (SSSR count). The zero-order valence-corrected chi connectivity index (χ0v) is 17.5. The number of anilines is 4. The van der Waals surface area contributed by atoms with Gasteiger partial charge in [-0.25, -0.2) is 4.98 Å². The number of ether oxygens (including phenoxy) is 1. The molecule has 1 amide bonds. The molecule has 0 aliphatic carbocycles. The Morgan fingerprint density at radius 1 is 1.35 bits per heavy atom. The predicted octanol–water partition coefficient (Wildman–Crippen LogP) is 3.16. The predicted molar refractivity (Wildman–Crippen MR) is 122 cm³/mol. The number of rotatable bonds is 8. The Balaban J connectivity index is 1.66. The van der Waals surface area contributed by atoms with Crippen LogP contribution in [0.1, 0.15) is 19.8 Å². The number of carbonyl (C=O) groups is 1. The third-order valence-corrected chi connectivity index (χ3v) is 5.02. The van der Waals surface area contributed by atoms with Gasteiger partial charge in [0.15, 0.2) is 5.65 Å². The number of fused-ring (bicyclic) bond motifs is 1. The molecule has 1 saturated heterocycles. The van der Waals surface area contributed by atoms with Gasteiger partial charge in [0, 0.05) is 30.8 Å². The van der Waals surface area contributed by atoms with Crippen molar-refractivity contribution in [2.45, 2.75) is 25.8 Å². The van der Waals surface area contributed by atoms with Gasteiger partial charge in [-0.3, -0.25) is 4.79 Å². The van der Waals surface area contributed by atoms with Crippen LogP contribution in [0.15, 0.2) is 49.2 Å². The highest BCUT2D eigenvalue weighted by Gasteiger charge is 2.16. The molecule has 1 fully saturated rings. The molecule has 2 aromatic heterocycles. The lowest BCUT2D eigenvalue weighted by molar-refractivity contribution is -0.111. The first-order chi connectivity index (χ1) is 15.2. The van der Waals surface area contributed by atoms with Gasteiger partial charge in [-0.15, -0.1) is 0 Å². The number of aromatic nitrogens is 3. The lowest BCUT2D eigenvalue weighted by Crippen LogP contribution is -2.38. The molecule has 0 radical (unpaired) electrons. The van der Waals surface area contributed by atoms with Crippen molar-refractivity contribution in [1.82, 2.24) is 19.9 Å². The van der Waals surface area contributed by atoms with Crippen LogP contribution in [0.5, 0.6) is 5.75 Å². The molecule has 9 heteroatoms. The molecule has 0 spiro atoms. The van der Waals surface area contributed by atoms with Crippen LogP contribution in [0, 0.1) is 0 Å². The van der Waals surface area contributed by atoms with E-state index in [1.54, 1.807) is 16.8 Å². The maximum Gasteiger partial charge on any atom is 0.247 e. The lowest BCUT2D eigenvalue weighted by Gasteiger charge is -2.24. The third-order valence-electron chi connectivity index (χ3n) is 5.02. The molecular formula is C22H27N7O2. The topological polar surface area (TPSA) is 105 Å². The molecule has 1 unspecified atom stereocenters. The molecule has 0 bridgehead atoms. The quantitative estimate of drug-likeness (QED) is 0.414. The lowest BCUT2D eigenvalue weighted by atomic mass is 10.1. The molecule has 1 atom stereocenters. The number of hydrogen-bond donors (Lipinski definition) is 4. The van der Waals surface area contributed by atoms with Crippen molar-refractivity contribution in [3.63, 3.8) is 0 Å². The van der Waals surface area contributed by atoms with E-state index in [4.69, 9.17) is 4.74 Å². The van der Waals surface area contributed by atoms with Crippen LogP contribution in [0.2, 0.25) is 0 Å². The second-order valence-corrected chi connectivity index (χ2v) is 7.27. The number of benzene rings is 1. The van der Waals surface area contributed by atoms with Gasteiger partial charge in [0.25, 0.3) is 0 Å². The molecule has 1 aromatic carbocycles.